The maximum atomic E-state index is 12.6. The molecule has 6 N–H and O–H groups in total. The van der Waals surface area contributed by atoms with E-state index in [0.717, 1.165) is 0 Å². The van der Waals surface area contributed by atoms with E-state index in [1.807, 2.05) is 0 Å². The van der Waals surface area contributed by atoms with Crippen molar-refractivity contribution in [2.24, 2.45) is 11.7 Å². The third-order valence-electron chi connectivity index (χ3n) is 4.03. The number of rotatable bonds is 6. The molecule has 0 aliphatic carbocycles. The van der Waals surface area contributed by atoms with E-state index >= 15 is 0 Å². The summed E-state index contributed by atoms with van der Waals surface area (Å²) in [6, 6.07) is 6.12. The molecule has 9 heteroatoms. The fourth-order valence-corrected chi connectivity index (χ4v) is 4.43. The standard InChI is InChI=1S/C13H22BN3O4S/c15-11-5-1-2-6-13(11)22(20,21)17-8-10(12(16)9-17)4-3-7-14(18)19/h1-2,5-6,10,12,18-19H,3-4,7-9,15-16H2/t10-,12-/m0/s1. The van der Waals surface area contributed by atoms with Gasteiger partial charge in [0.25, 0.3) is 0 Å². The molecule has 2 atom stereocenters. The van der Waals surface area contributed by atoms with Crippen LogP contribution < -0.4 is 11.5 Å². The van der Waals surface area contributed by atoms with Crippen molar-refractivity contribution in [1.82, 2.24) is 4.31 Å². The summed E-state index contributed by atoms with van der Waals surface area (Å²) in [5.74, 6) is 0.0125. The SMILES string of the molecule is Nc1ccccc1S(=O)(=O)N1C[C@H](CCCB(O)O)[C@@H](N)C1. The van der Waals surface area contributed by atoms with Gasteiger partial charge in [-0.25, -0.2) is 8.42 Å². The van der Waals surface area contributed by atoms with Crippen LogP contribution in [-0.2, 0) is 10.0 Å². The van der Waals surface area contributed by atoms with Crippen LogP contribution in [0.4, 0.5) is 5.69 Å². The average Bonchev–Trinajstić information content (AvgIpc) is 2.81. The number of nitrogen functional groups attached to an aromatic ring is 1. The molecule has 0 bridgehead atoms. The molecular formula is C13H22BN3O4S. The number of hydrogen-bond donors (Lipinski definition) is 4. The summed E-state index contributed by atoms with van der Waals surface area (Å²) in [6.45, 7) is 0.586. The van der Waals surface area contributed by atoms with Gasteiger partial charge in [-0.05, 0) is 30.8 Å². The highest BCUT2D eigenvalue weighted by Crippen LogP contribution is 2.29. The number of anilines is 1. The topological polar surface area (TPSA) is 130 Å². The Balaban J connectivity index is 2.06. The van der Waals surface area contributed by atoms with Crippen LogP contribution in [-0.4, -0.2) is 49.0 Å². The van der Waals surface area contributed by atoms with Crippen molar-refractivity contribution in [3.8, 4) is 0 Å². The Kier molecular flexibility index (Phi) is 5.46. The number of nitrogens with zero attached hydrogens (tertiary/aromatic N) is 1. The van der Waals surface area contributed by atoms with Gasteiger partial charge in [-0.1, -0.05) is 18.6 Å². The summed E-state index contributed by atoms with van der Waals surface area (Å²) < 4.78 is 26.6. The summed E-state index contributed by atoms with van der Waals surface area (Å²) in [5.41, 5.74) is 12.0. The predicted molar refractivity (Wildman–Crippen MR) is 85.3 cm³/mol. The first kappa shape index (κ1) is 17.2. The first-order valence-corrected chi connectivity index (χ1v) is 8.72. The monoisotopic (exact) mass is 327 g/mol. The summed E-state index contributed by atoms with van der Waals surface area (Å²) in [6.07, 6.45) is 1.52. The maximum absolute atomic E-state index is 12.6. The molecule has 1 aromatic rings. The molecule has 7 nitrogen and oxygen atoms in total. The molecule has 1 aliphatic heterocycles. The summed E-state index contributed by atoms with van der Waals surface area (Å²) in [7, 11) is -4.98. The van der Waals surface area contributed by atoms with E-state index in [1.165, 1.54) is 10.4 Å². The second-order valence-electron chi connectivity index (χ2n) is 5.70. The Labute approximate surface area is 131 Å². The lowest BCUT2D eigenvalue weighted by molar-refractivity contribution is 0.391. The van der Waals surface area contributed by atoms with Crippen molar-refractivity contribution in [2.45, 2.75) is 30.1 Å². The van der Waals surface area contributed by atoms with E-state index in [-0.39, 0.29) is 35.4 Å². The summed E-state index contributed by atoms with van der Waals surface area (Å²) in [5, 5.41) is 17.7. The minimum absolute atomic E-state index is 0.0125. The molecule has 2 rings (SSSR count). The Morgan fingerprint density at radius 2 is 1.95 bits per heavy atom. The van der Waals surface area contributed by atoms with Crippen LogP contribution >= 0.6 is 0 Å². The first-order chi connectivity index (χ1) is 10.3. The summed E-state index contributed by atoms with van der Waals surface area (Å²) >= 11 is 0. The molecule has 0 unspecified atom stereocenters. The molecule has 0 saturated carbocycles. The van der Waals surface area contributed by atoms with Crippen LogP contribution in [0.1, 0.15) is 12.8 Å². The van der Waals surface area contributed by atoms with Gasteiger partial charge in [-0.3, -0.25) is 0 Å². The van der Waals surface area contributed by atoms with Crippen LogP contribution in [0, 0.1) is 5.92 Å². The minimum atomic E-state index is -3.65. The largest absolute Gasteiger partial charge is 0.451 e. The zero-order valence-corrected chi connectivity index (χ0v) is 13.1. The van der Waals surface area contributed by atoms with Crippen LogP contribution in [0.25, 0.3) is 0 Å². The Hall–Kier alpha value is -1.13. The van der Waals surface area contributed by atoms with E-state index in [2.05, 4.69) is 0 Å². The predicted octanol–water partition coefficient (Wildman–Crippen LogP) is -0.530. The molecule has 0 amide bonds. The molecule has 1 aromatic carbocycles. The lowest BCUT2D eigenvalue weighted by atomic mass is 9.82. The second kappa shape index (κ2) is 6.97. The van der Waals surface area contributed by atoms with Crippen LogP contribution in [0.15, 0.2) is 29.2 Å². The van der Waals surface area contributed by atoms with Gasteiger partial charge < -0.3 is 21.5 Å². The molecule has 1 fully saturated rings. The van der Waals surface area contributed by atoms with Crippen LogP contribution in [0.5, 0.6) is 0 Å². The van der Waals surface area contributed by atoms with Crippen molar-refractivity contribution in [1.29, 1.82) is 0 Å². The quantitative estimate of drug-likeness (QED) is 0.410. The number of nitrogens with two attached hydrogens (primary N) is 2. The average molecular weight is 327 g/mol. The highest BCUT2D eigenvalue weighted by molar-refractivity contribution is 7.89. The fourth-order valence-electron chi connectivity index (χ4n) is 2.77. The minimum Gasteiger partial charge on any atom is -0.427 e. The van der Waals surface area contributed by atoms with Gasteiger partial charge in [0.2, 0.25) is 10.0 Å². The normalized spacial score (nSPS) is 22.9. The van der Waals surface area contributed by atoms with E-state index in [1.54, 1.807) is 18.2 Å². The van der Waals surface area contributed by atoms with Crippen molar-refractivity contribution in [3.63, 3.8) is 0 Å². The van der Waals surface area contributed by atoms with E-state index in [0.29, 0.717) is 19.4 Å². The number of hydrogen-bond acceptors (Lipinski definition) is 6. The Morgan fingerprint density at radius 1 is 1.27 bits per heavy atom. The van der Waals surface area contributed by atoms with E-state index < -0.39 is 17.1 Å². The van der Waals surface area contributed by atoms with Crippen molar-refractivity contribution in [2.75, 3.05) is 18.8 Å². The van der Waals surface area contributed by atoms with Gasteiger partial charge in [-0.15, -0.1) is 0 Å². The molecule has 1 aliphatic rings. The third-order valence-corrected chi connectivity index (χ3v) is 5.94. The molecular weight excluding hydrogens is 305 g/mol. The van der Waals surface area contributed by atoms with Crippen molar-refractivity contribution < 1.29 is 18.5 Å². The summed E-state index contributed by atoms with van der Waals surface area (Å²) in [4.78, 5) is 0.105. The van der Waals surface area contributed by atoms with Crippen LogP contribution in [0.2, 0.25) is 6.32 Å². The third kappa shape index (κ3) is 3.79. The molecule has 0 radical (unpaired) electrons. The van der Waals surface area contributed by atoms with Gasteiger partial charge in [0.15, 0.2) is 0 Å². The second-order valence-corrected chi connectivity index (χ2v) is 7.60. The van der Waals surface area contributed by atoms with Crippen molar-refractivity contribution in [3.05, 3.63) is 24.3 Å². The highest BCUT2D eigenvalue weighted by Gasteiger charge is 2.37. The zero-order chi connectivity index (χ0) is 16.3. The molecule has 1 heterocycles. The number of sulfonamides is 1. The van der Waals surface area contributed by atoms with E-state index in [9.17, 15) is 8.42 Å². The number of benzene rings is 1. The smallest absolute Gasteiger partial charge is 0.427 e. The van der Waals surface area contributed by atoms with Gasteiger partial charge in [-0.2, -0.15) is 4.31 Å². The Morgan fingerprint density at radius 3 is 2.59 bits per heavy atom. The first-order valence-electron chi connectivity index (χ1n) is 7.28. The zero-order valence-electron chi connectivity index (χ0n) is 12.3. The lowest BCUT2D eigenvalue weighted by Gasteiger charge is -2.17. The van der Waals surface area contributed by atoms with Gasteiger partial charge in [0, 0.05) is 19.1 Å². The molecule has 0 spiro atoms. The van der Waals surface area contributed by atoms with Crippen molar-refractivity contribution >= 4 is 22.8 Å². The number of para-hydroxylation sites is 1. The fraction of sp³-hybridized carbons (Fsp3) is 0.538. The van der Waals surface area contributed by atoms with Gasteiger partial charge in [0.05, 0.1) is 5.69 Å². The molecule has 1 saturated heterocycles. The highest BCUT2D eigenvalue weighted by atomic mass is 32.2. The lowest BCUT2D eigenvalue weighted by Crippen LogP contribution is -2.32. The van der Waals surface area contributed by atoms with Gasteiger partial charge in [0.1, 0.15) is 4.90 Å². The van der Waals surface area contributed by atoms with E-state index in [4.69, 9.17) is 21.5 Å². The maximum Gasteiger partial charge on any atom is 0.451 e. The van der Waals surface area contributed by atoms with Crippen LogP contribution in [0.3, 0.4) is 0 Å². The Bertz CT molecular complexity index is 611. The molecule has 22 heavy (non-hydrogen) atoms. The van der Waals surface area contributed by atoms with Gasteiger partial charge >= 0.3 is 7.12 Å². The molecule has 122 valence electrons. The molecule has 0 aromatic heterocycles.